The van der Waals surface area contributed by atoms with Crippen LogP contribution in [-0.4, -0.2) is 12.5 Å². The predicted octanol–water partition coefficient (Wildman–Crippen LogP) is 3.02. The van der Waals surface area contributed by atoms with Crippen molar-refractivity contribution in [3.05, 3.63) is 70.8 Å². The highest BCUT2D eigenvalue weighted by atomic mass is 16.5. The second kappa shape index (κ2) is 7.96. The average Bonchev–Trinajstić information content (AvgIpc) is 2.58. The summed E-state index contributed by atoms with van der Waals surface area (Å²) in [6, 6.07) is 16.5. The molecule has 0 heterocycles. The van der Waals surface area contributed by atoms with E-state index < -0.39 is 0 Å². The molecule has 2 aromatic rings. The number of hydrogen-bond donors (Lipinski definition) is 1. The van der Waals surface area contributed by atoms with Crippen LogP contribution in [0.15, 0.2) is 48.5 Å². The minimum Gasteiger partial charge on any atom is -0.377 e. The Balaban J connectivity index is 2.00. The molecule has 1 N–H and O–H groups in total. The molecule has 0 saturated heterocycles. The minimum atomic E-state index is -0.157. The number of rotatable bonds is 6. The van der Waals surface area contributed by atoms with E-state index in [9.17, 15) is 4.79 Å². The number of carbonyl (C=O) groups is 1. The third-order valence-corrected chi connectivity index (χ3v) is 3.30. The monoisotopic (exact) mass is 294 g/mol. The van der Waals surface area contributed by atoms with Gasteiger partial charge in [0.2, 0.25) is 0 Å². The van der Waals surface area contributed by atoms with Gasteiger partial charge in [-0.05, 0) is 42.3 Å². The molecule has 22 heavy (non-hydrogen) atoms. The molecule has 112 valence electrons. The summed E-state index contributed by atoms with van der Waals surface area (Å²) in [4.78, 5) is 12.1. The van der Waals surface area contributed by atoms with Crippen LogP contribution in [0.5, 0.6) is 0 Å². The Labute approximate surface area is 130 Å². The number of hydrogen-bond acceptors (Lipinski definition) is 3. The molecule has 0 aliphatic rings. The average molecular weight is 294 g/mol. The van der Waals surface area contributed by atoms with Gasteiger partial charge in [0.1, 0.15) is 0 Å². The third kappa shape index (κ3) is 4.18. The van der Waals surface area contributed by atoms with Crippen molar-refractivity contribution in [1.82, 2.24) is 5.32 Å². The first-order valence-electron chi connectivity index (χ1n) is 7.17. The van der Waals surface area contributed by atoms with Crippen LogP contribution >= 0.6 is 0 Å². The number of nitriles is 1. The largest absolute Gasteiger partial charge is 0.377 e. The first-order chi connectivity index (χ1) is 10.7. The van der Waals surface area contributed by atoms with Gasteiger partial charge in [0, 0.05) is 18.7 Å². The Kier molecular flexibility index (Phi) is 5.70. The van der Waals surface area contributed by atoms with Crippen LogP contribution in [0.1, 0.15) is 34.0 Å². The highest BCUT2D eigenvalue weighted by molar-refractivity contribution is 5.94. The van der Waals surface area contributed by atoms with Gasteiger partial charge in [-0.15, -0.1) is 0 Å². The summed E-state index contributed by atoms with van der Waals surface area (Å²) in [6.07, 6.45) is 0. The van der Waals surface area contributed by atoms with Crippen molar-refractivity contribution in [2.75, 3.05) is 6.61 Å². The molecule has 4 heteroatoms. The Morgan fingerprint density at radius 1 is 1.14 bits per heavy atom. The van der Waals surface area contributed by atoms with Crippen molar-refractivity contribution >= 4 is 5.91 Å². The van der Waals surface area contributed by atoms with E-state index in [-0.39, 0.29) is 5.91 Å². The van der Waals surface area contributed by atoms with E-state index >= 15 is 0 Å². The molecule has 0 radical (unpaired) electrons. The Hall–Kier alpha value is -2.64. The summed E-state index contributed by atoms with van der Waals surface area (Å²) in [5.41, 5.74) is 3.20. The number of nitrogens with zero attached hydrogens (tertiary/aromatic N) is 1. The van der Waals surface area contributed by atoms with Crippen LogP contribution in [0, 0.1) is 11.3 Å². The number of ether oxygens (including phenoxy) is 1. The smallest absolute Gasteiger partial charge is 0.251 e. The first-order valence-corrected chi connectivity index (χ1v) is 7.17. The van der Waals surface area contributed by atoms with E-state index in [1.807, 2.05) is 37.3 Å². The summed E-state index contributed by atoms with van der Waals surface area (Å²) in [6.45, 7) is 3.60. The van der Waals surface area contributed by atoms with E-state index in [4.69, 9.17) is 10.00 Å². The number of benzene rings is 2. The van der Waals surface area contributed by atoms with Crippen molar-refractivity contribution in [2.24, 2.45) is 0 Å². The van der Waals surface area contributed by atoms with E-state index in [2.05, 4.69) is 5.32 Å². The van der Waals surface area contributed by atoms with E-state index in [0.717, 1.165) is 11.1 Å². The lowest BCUT2D eigenvalue weighted by Crippen LogP contribution is -2.23. The van der Waals surface area contributed by atoms with Gasteiger partial charge in [-0.1, -0.05) is 24.3 Å². The summed E-state index contributed by atoms with van der Waals surface area (Å²) < 4.78 is 5.43. The number of amides is 1. The minimum absolute atomic E-state index is 0.157. The first kappa shape index (κ1) is 15.7. The Morgan fingerprint density at radius 2 is 1.82 bits per heavy atom. The predicted molar refractivity (Wildman–Crippen MR) is 84.1 cm³/mol. The van der Waals surface area contributed by atoms with Gasteiger partial charge < -0.3 is 10.1 Å². The van der Waals surface area contributed by atoms with Crippen molar-refractivity contribution in [2.45, 2.75) is 20.1 Å². The molecule has 0 saturated carbocycles. The standard InChI is InChI=1S/C18H18N2O2/c1-2-22-13-17-6-4-3-5-16(17)12-20-18(21)15-9-7-14(11-19)8-10-15/h3-10H,2,12-13H2,1H3,(H,20,21). The SMILES string of the molecule is CCOCc1ccccc1CNC(=O)c1ccc(C#N)cc1. The molecule has 0 aromatic heterocycles. The Bertz CT molecular complexity index is 672. The van der Waals surface area contributed by atoms with Crippen LogP contribution < -0.4 is 5.32 Å². The molecule has 0 unspecified atom stereocenters. The number of carbonyl (C=O) groups excluding carboxylic acids is 1. The van der Waals surface area contributed by atoms with Crippen molar-refractivity contribution in [3.8, 4) is 6.07 Å². The van der Waals surface area contributed by atoms with Gasteiger partial charge in [-0.3, -0.25) is 4.79 Å². The van der Waals surface area contributed by atoms with Crippen LogP contribution in [0.4, 0.5) is 0 Å². The maximum absolute atomic E-state index is 12.1. The second-order valence-corrected chi connectivity index (χ2v) is 4.78. The fourth-order valence-corrected chi connectivity index (χ4v) is 2.06. The van der Waals surface area contributed by atoms with Crippen LogP contribution in [0.3, 0.4) is 0 Å². The summed E-state index contributed by atoms with van der Waals surface area (Å²) in [7, 11) is 0. The molecular formula is C18H18N2O2. The van der Waals surface area contributed by atoms with Gasteiger partial charge in [0.15, 0.2) is 0 Å². The lowest BCUT2D eigenvalue weighted by molar-refractivity contribution is 0.0950. The fourth-order valence-electron chi connectivity index (χ4n) is 2.06. The van der Waals surface area contributed by atoms with Crippen molar-refractivity contribution in [1.29, 1.82) is 5.26 Å². The van der Waals surface area contributed by atoms with E-state index in [1.165, 1.54) is 0 Å². The van der Waals surface area contributed by atoms with Gasteiger partial charge in [-0.25, -0.2) is 0 Å². The molecule has 2 aromatic carbocycles. The molecule has 0 atom stereocenters. The molecule has 0 aliphatic carbocycles. The Morgan fingerprint density at radius 3 is 2.45 bits per heavy atom. The maximum Gasteiger partial charge on any atom is 0.251 e. The fraction of sp³-hybridized carbons (Fsp3) is 0.222. The van der Waals surface area contributed by atoms with Crippen LogP contribution in [-0.2, 0) is 17.9 Å². The molecule has 2 rings (SSSR count). The lowest BCUT2D eigenvalue weighted by atomic mass is 10.1. The summed E-state index contributed by atoms with van der Waals surface area (Å²) in [5, 5.41) is 11.7. The maximum atomic E-state index is 12.1. The highest BCUT2D eigenvalue weighted by Crippen LogP contribution is 2.11. The molecule has 0 aliphatic heterocycles. The third-order valence-electron chi connectivity index (χ3n) is 3.30. The summed E-state index contributed by atoms with van der Waals surface area (Å²) >= 11 is 0. The molecule has 0 fully saturated rings. The zero-order valence-electron chi connectivity index (χ0n) is 12.5. The summed E-state index contributed by atoms with van der Waals surface area (Å²) in [5.74, 6) is -0.157. The topological polar surface area (TPSA) is 62.1 Å². The van der Waals surface area contributed by atoms with Crippen LogP contribution in [0.25, 0.3) is 0 Å². The normalized spacial score (nSPS) is 10.0. The van der Waals surface area contributed by atoms with Gasteiger partial charge in [-0.2, -0.15) is 5.26 Å². The number of nitrogens with one attached hydrogen (secondary N) is 1. The lowest BCUT2D eigenvalue weighted by Gasteiger charge is -2.11. The van der Waals surface area contributed by atoms with Gasteiger partial charge in [0.05, 0.1) is 18.2 Å². The molecule has 1 amide bonds. The van der Waals surface area contributed by atoms with Crippen molar-refractivity contribution in [3.63, 3.8) is 0 Å². The van der Waals surface area contributed by atoms with Gasteiger partial charge in [0.25, 0.3) is 5.91 Å². The van der Waals surface area contributed by atoms with E-state index in [0.29, 0.717) is 30.9 Å². The quantitative estimate of drug-likeness (QED) is 0.890. The zero-order valence-corrected chi connectivity index (χ0v) is 12.5. The molecule has 4 nitrogen and oxygen atoms in total. The molecular weight excluding hydrogens is 276 g/mol. The second-order valence-electron chi connectivity index (χ2n) is 4.78. The molecule has 0 bridgehead atoms. The van der Waals surface area contributed by atoms with Gasteiger partial charge >= 0.3 is 0 Å². The zero-order chi connectivity index (χ0) is 15.8. The van der Waals surface area contributed by atoms with Crippen LogP contribution in [0.2, 0.25) is 0 Å². The van der Waals surface area contributed by atoms with Crippen molar-refractivity contribution < 1.29 is 9.53 Å². The molecule has 0 spiro atoms. The highest BCUT2D eigenvalue weighted by Gasteiger charge is 2.07. The van der Waals surface area contributed by atoms with E-state index in [1.54, 1.807) is 24.3 Å².